The molecule has 146 valence electrons. The Kier molecular flexibility index (Phi) is 8.57. The standard InChI is InChI=1S/C22H29N3O.HI/c1-16-12-17(2)14-20(13-16)24-22(23)25-21(19-6-4-3-5-7-19)15-18-8-10-26-11-9-18;/h3-7,12-14,18,21H,8-11,15H2,1-2H3,(H3,23,24,25);1H. The first-order chi connectivity index (χ1) is 12.6. The van der Waals surface area contributed by atoms with Gasteiger partial charge < -0.3 is 15.8 Å². The smallest absolute Gasteiger partial charge is 0.193 e. The molecule has 0 radical (unpaired) electrons. The first-order valence-electron chi connectivity index (χ1n) is 9.41. The summed E-state index contributed by atoms with van der Waals surface area (Å²) >= 11 is 0. The van der Waals surface area contributed by atoms with E-state index in [1.807, 2.05) is 6.07 Å². The molecule has 0 bridgehead atoms. The van der Waals surface area contributed by atoms with Gasteiger partial charge in [0.2, 0.25) is 0 Å². The van der Waals surface area contributed by atoms with Crippen molar-refractivity contribution in [3.63, 3.8) is 0 Å². The number of ether oxygens (including phenoxy) is 1. The molecule has 0 saturated carbocycles. The van der Waals surface area contributed by atoms with Crippen LogP contribution in [0.5, 0.6) is 0 Å². The second-order valence-electron chi connectivity index (χ2n) is 7.23. The Morgan fingerprint density at radius 1 is 1.11 bits per heavy atom. The quantitative estimate of drug-likeness (QED) is 0.352. The van der Waals surface area contributed by atoms with Gasteiger partial charge in [-0.2, -0.15) is 0 Å². The second-order valence-corrected chi connectivity index (χ2v) is 7.23. The van der Waals surface area contributed by atoms with Crippen LogP contribution in [-0.4, -0.2) is 19.2 Å². The van der Waals surface area contributed by atoms with E-state index in [9.17, 15) is 0 Å². The van der Waals surface area contributed by atoms with Crippen molar-refractivity contribution in [2.45, 2.75) is 39.2 Å². The number of aryl methyl sites for hydroxylation is 2. The summed E-state index contributed by atoms with van der Waals surface area (Å²) in [5, 5.41) is 3.26. The Hall–Kier alpha value is -1.60. The van der Waals surface area contributed by atoms with Gasteiger partial charge in [0.25, 0.3) is 0 Å². The van der Waals surface area contributed by atoms with Gasteiger partial charge in [-0.05, 0) is 67.9 Å². The SMILES string of the molecule is Cc1cc(C)cc(NC(N)=NC(CC2CCOCC2)c2ccccc2)c1.I. The molecule has 3 N–H and O–H groups in total. The number of nitrogens with one attached hydrogen (secondary N) is 1. The molecule has 5 heteroatoms. The van der Waals surface area contributed by atoms with Gasteiger partial charge in [-0.1, -0.05) is 36.4 Å². The molecule has 1 fully saturated rings. The van der Waals surface area contributed by atoms with Crippen molar-refractivity contribution in [1.29, 1.82) is 0 Å². The molecule has 1 aliphatic rings. The normalized spacial score (nSPS) is 16.4. The second kappa shape index (κ2) is 10.7. The molecule has 1 atom stereocenters. The molecule has 0 aliphatic carbocycles. The third-order valence-electron chi connectivity index (χ3n) is 4.87. The largest absolute Gasteiger partial charge is 0.381 e. The molecule has 27 heavy (non-hydrogen) atoms. The van der Waals surface area contributed by atoms with Crippen LogP contribution in [0.2, 0.25) is 0 Å². The zero-order valence-electron chi connectivity index (χ0n) is 16.2. The molecule has 1 saturated heterocycles. The fraction of sp³-hybridized carbons (Fsp3) is 0.409. The van der Waals surface area contributed by atoms with Crippen molar-refractivity contribution in [2.24, 2.45) is 16.6 Å². The van der Waals surface area contributed by atoms with Gasteiger partial charge in [0.1, 0.15) is 0 Å². The van der Waals surface area contributed by atoms with Crippen molar-refractivity contribution in [2.75, 3.05) is 18.5 Å². The maximum absolute atomic E-state index is 6.26. The average Bonchev–Trinajstić information content (AvgIpc) is 2.62. The van der Waals surface area contributed by atoms with Crippen LogP contribution in [0.25, 0.3) is 0 Å². The Balaban J connectivity index is 0.00000261. The summed E-state index contributed by atoms with van der Waals surface area (Å²) in [7, 11) is 0. The van der Waals surface area contributed by atoms with E-state index in [1.165, 1.54) is 16.7 Å². The lowest BCUT2D eigenvalue weighted by molar-refractivity contribution is 0.0619. The highest BCUT2D eigenvalue weighted by Gasteiger charge is 2.20. The zero-order valence-corrected chi connectivity index (χ0v) is 18.5. The Labute approximate surface area is 179 Å². The fourth-order valence-electron chi connectivity index (χ4n) is 3.63. The number of benzene rings is 2. The molecule has 1 heterocycles. The minimum absolute atomic E-state index is 0. The number of anilines is 1. The Morgan fingerprint density at radius 3 is 2.37 bits per heavy atom. The van der Waals surface area contributed by atoms with Gasteiger partial charge in [-0.15, -0.1) is 24.0 Å². The van der Waals surface area contributed by atoms with Crippen molar-refractivity contribution in [3.8, 4) is 0 Å². The molecule has 0 spiro atoms. The van der Waals surface area contributed by atoms with Crippen molar-refractivity contribution >= 4 is 35.6 Å². The Morgan fingerprint density at radius 2 is 1.74 bits per heavy atom. The van der Waals surface area contributed by atoms with Gasteiger partial charge in [-0.25, -0.2) is 4.99 Å². The first-order valence-corrected chi connectivity index (χ1v) is 9.41. The third kappa shape index (κ3) is 6.81. The molecule has 0 amide bonds. The van der Waals surface area contributed by atoms with Crippen molar-refractivity contribution in [1.82, 2.24) is 0 Å². The lowest BCUT2D eigenvalue weighted by Gasteiger charge is -2.25. The van der Waals surface area contributed by atoms with E-state index in [0.29, 0.717) is 11.9 Å². The van der Waals surface area contributed by atoms with E-state index < -0.39 is 0 Å². The number of hydrogen-bond donors (Lipinski definition) is 2. The highest BCUT2D eigenvalue weighted by atomic mass is 127. The van der Waals surface area contributed by atoms with Crippen LogP contribution in [-0.2, 0) is 4.74 Å². The highest BCUT2D eigenvalue weighted by Crippen LogP contribution is 2.30. The van der Waals surface area contributed by atoms with Gasteiger partial charge in [-0.3, -0.25) is 0 Å². The topological polar surface area (TPSA) is 59.6 Å². The lowest BCUT2D eigenvalue weighted by Crippen LogP contribution is -2.25. The first kappa shape index (κ1) is 21.7. The summed E-state index contributed by atoms with van der Waals surface area (Å²) in [5.41, 5.74) is 10.9. The molecule has 4 nitrogen and oxygen atoms in total. The van der Waals surface area contributed by atoms with E-state index in [1.54, 1.807) is 0 Å². The van der Waals surface area contributed by atoms with Crippen LogP contribution in [0.3, 0.4) is 0 Å². The minimum Gasteiger partial charge on any atom is -0.381 e. The summed E-state index contributed by atoms with van der Waals surface area (Å²) in [6, 6.07) is 16.8. The Bertz CT molecular complexity index is 722. The van der Waals surface area contributed by atoms with Crippen LogP contribution >= 0.6 is 24.0 Å². The molecule has 3 rings (SSSR count). The van der Waals surface area contributed by atoms with Crippen LogP contribution in [0, 0.1) is 19.8 Å². The van der Waals surface area contributed by atoms with Crippen molar-refractivity contribution < 1.29 is 4.74 Å². The van der Waals surface area contributed by atoms with Gasteiger partial charge in [0, 0.05) is 18.9 Å². The molecule has 1 unspecified atom stereocenters. The monoisotopic (exact) mass is 479 g/mol. The summed E-state index contributed by atoms with van der Waals surface area (Å²) in [6.45, 7) is 5.88. The van der Waals surface area contributed by atoms with E-state index in [-0.39, 0.29) is 30.0 Å². The van der Waals surface area contributed by atoms with Gasteiger partial charge >= 0.3 is 0 Å². The summed E-state index contributed by atoms with van der Waals surface area (Å²) in [4.78, 5) is 4.84. The van der Waals surface area contributed by atoms with Crippen LogP contribution in [0.4, 0.5) is 5.69 Å². The van der Waals surface area contributed by atoms with E-state index in [0.717, 1.165) is 38.2 Å². The number of guanidine groups is 1. The lowest BCUT2D eigenvalue weighted by atomic mass is 9.90. The van der Waals surface area contributed by atoms with Crippen LogP contribution < -0.4 is 11.1 Å². The molecule has 2 aromatic carbocycles. The van der Waals surface area contributed by atoms with Crippen molar-refractivity contribution in [3.05, 3.63) is 65.2 Å². The molecular formula is C22H30IN3O. The van der Waals surface area contributed by atoms with Crippen LogP contribution in [0.15, 0.2) is 53.5 Å². The van der Waals surface area contributed by atoms with E-state index >= 15 is 0 Å². The molecule has 0 aromatic heterocycles. The highest BCUT2D eigenvalue weighted by molar-refractivity contribution is 14.0. The maximum Gasteiger partial charge on any atom is 0.193 e. The average molecular weight is 479 g/mol. The number of rotatable bonds is 5. The number of nitrogens with zero attached hydrogens (tertiary/aromatic N) is 1. The fourth-order valence-corrected chi connectivity index (χ4v) is 3.63. The molecule has 1 aliphatic heterocycles. The molecule has 2 aromatic rings. The predicted octanol–water partition coefficient (Wildman–Crippen LogP) is 5.21. The van der Waals surface area contributed by atoms with E-state index in [4.69, 9.17) is 15.5 Å². The van der Waals surface area contributed by atoms with Crippen LogP contribution in [0.1, 0.15) is 42.0 Å². The van der Waals surface area contributed by atoms with Gasteiger partial charge in [0.15, 0.2) is 5.96 Å². The summed E-state index contributed by atoms with van der Waals surface area (Å²) < 4.78 is 5.50. The minimum atomic E-state index is 0. The zero-order chi connectivity index (χ0) is 18.4. The molecular weight excluding hydrogens is 449 g/mol. The summed E-state index contributed by atoms with van der Waals surface area (Å²) in [6.07, 6.45) is 3.20. The number of halogens is 1. The van der Waals surface area contributed by atoms with E-state index in [2.05, 4.69) is 61.6 Å². The number of nitrogens with two attached hydrogens (primary N) is 1. The van der Waals surface area contributed by atoms with Gasteiger partial charge in [0.05, 0.1) is 6.04 Å². The number of aliphatic imine (C=N–C) groups is 1. The maximum atomic E-state index is 6.26. The number of hydrogen-bond acceptors (Lipinski definition) is 2. The summed E-state index contributed by atoms with van der Waals surface area (Å²) in [5.74, 6) is 1.10. The third-order valence-corrected chi connectivity index (χ3v) is 4.87. The predicted molar refractivity (Wildman–Crippen MR) is 124 cm³/mol.